The van der Waals surface area contributed by atoms with Gasteiger partial charge in [-0.15, -0.1) is 0 Å². The molecule has 7 nitrogen and oxygen atoms in total. The minimum absolute atomic E-state index is 0.0264. The number of pyridine rings is 1. The van der Waals surface area contributed by atoms with Crippen molar-refractivity contribution >= 4 is 40.8 Å². The topological polar surface area (TPSA) is 98.7 Å². The van der Waals surface area contributed by atoms with Crippen molar-refractivity contribution in [2.45, 2.75) is 12.7 Å². The molecule has 1 aromatic carbocycles. The van der Waals surface area contributed by atoms with Gasteiger partial charge in [0, 0.05) is 16.9 Å². The average molecular weight is 431 g/mol. The number of halogens is 5. The highest BCUT2D eigenvalue weighted by Gasteiger charge is 2.32. The Morgan fingerprint density at radius 3 is 2.43 bits per heavy atom. The third kappa shape index (κ3) is 4.70. The van der Waals surface area contributed by atoms with E-state index in [0.29, 0.717) is 23.0 Å². The number of nitrogens with zero attached hydrogens (tertiary/aromatic N) is 4. The summed E-state index contributed by atoms with van der Waals surface area (Å²) in [6.45, 7) is -0.384. The Bertz CT molecular complexity index is 1070. The highest BCUT2D eigenvalue weighted by atomic mass is 35.5. The van der Waals surface area contributed by atoms with E-state index in [2.05, 4.69) is 20.3 Å². The van der Waals surface area contributed by atoms with Crippen molar-refractivity contribution < 1.29 is 13.2 Å². The maximum Gasteiger partial charge on any atom is 0.417 e. The van der Waals surface area contributed by atoms with Gasteiger partial charge in [-0.05, 0) is 30.3 Å². The zero-order chi connectivity index (χ0) is 20.5. The Morgan fingerprint density at radius 2 is 1.79 bits per heavy atom. The summed E-state index contributed by atoms with van der Waals surface area (Å²) >= 11 is 11.5. The normalized spacial score (nSPS) is 11.5. The van der Waals surface area contributed by atoms with Crippen molar-refractivity contribution in [3.8, 4) is 0 Å². The first-order chi connectivity index (χ1) is 13.1. The van der Waals surface area contributed by atoms with Crippen LogP contribution in [-0.2, 0) is 12.7 Å². The van der Waals surface area contributed by atoms with Crippen LogP contribution in [0.15, 0.2) is 41.3 Å². The molecule has 0 saturated carbocycles. The lowest BCUT2D eigenvalue weighted by Gasteiger charge is -2.12. The van der Waals surface area contributed by atoms with Gasteiger partial charge in [0.2, 0.25) is 11.9 Å². The minimum atomic E-state index is -4.67. The number of aromatic nitrogens is 4. The molecule has 0 aliphatic rings. The van der Waals surface area contributed by atoms with Gasteiger partial charge in [-0.2, -0.15) is 28.1 Å². The van der Waals surface area contributed by atoms with Crippen molar-refractivity contribution in [2.24, 2.45) is 0 Å². The van der Waals surface area contributed by atoms with Crippen molar-refractivity contribution in [1.82, 2.24) is 19.5 Å². The molecule has 12 heteroatoms. The quantitative estimate of drug-likeness (QED) is 0.653. The molecule has 0 spiro atoms. The van der Waals surface area contributed by atoms with Gasteiger partial charge in [0.15, 0.2) is 5.82 Å². The fraction of sp³-hybridized carbons (Fsp3) is 0.125. The summed E-state index contributed by atoms with van der Waals surface area (Å²) in [5, 5.41) is 2.82. The molecule has 3 aromatic rings. The van der Waals surface area contributed by atoms with Gasteiger partial charge < -0.3 is 15.6 Å². The predicted octanol–water partition coefficient (Wildman–Crippen LogP) is 3.73. The van der Waals surface area contributed by atoms with Crippen LogP contribution in [0.3, 0.4) is 0 Å². The smallest absolute Gasteiger partial charge is 0.368 e. The van der Waals surface area contributed by atoms with Crippen LogP contribution in [-0.4, -0.2) is 19.5 Å². The third-order valence-electron chi connectivity index (χ3n) is 3.48. The molecule has 0 saturated heterocycles. The molecule has 0 bridgehead atoms. The average Bonchev–Trinajstić information content (AvgIpc) is 2.59. The van der Waals surface area contributed by atoms with Gasteiger partial charge in [0.05, 0.1) is 12.1 Å². The summed E-state index contributed by atoms with van der Waals surface area (Å²) in [6.07, 6.45) is -4.03. The summed E-state index contributed by atoms with van der Waals surface area (Å²) in [5.74, 6) is -0.148. The number of rotatable bonds is 4. The van der Waals surface area contributed by atoms with Crippen LogP contribution < -0.4 is 16.6 Å². The lowest BCUT2D eigenvalue weighted by Crippen LogP contribution is -2.24. The van der Waals surface area contributed by atoms with E-state index in [1.54, 1.807) is 24.3 Å². The second-order valence-corrected chi connectivity index (χ2v) is 6.42. The monoisotopic (exact) mass is 430 g/mol. The van der Waals surface area contributed by atoms with E-state index in [1.807, 2.05) is 0 Å². The lowest BCUT2D eigenvalue weighted by atomic mass is 10.2. The third-order valence-corrected chi connectivity index (χ3v) is 4.00. The van der Waals surface area contributed by atoms with E-state index < -0.39 is 22.3 Å². The molecule has 28 heavy (non-hydrogen) atoms. The molecule has 3 N–H and O–H groups in total. The Kier molecular flexibility index (Phi) is 5.43. The molecule has 2 heterocycles. The summed E-state index contributed by atoms with van der Waals surface area (Å²) < 4.78 is 39.6. The van der Waals surface area contributed by atoms with E-state index in [0.717, 1.165) is 4.57 Å². The zero-order valence-corrected chi connectivity index (χ0v) is 15.3. The van der Waals surface area contributed by atoms with Gasteiger partial charge in [-0.25, -0.2) is 0 Å². The maximum absolute atomic E-state index is 13.0. The van der Waals surface area contributed by atoms with Crippen LogP contribution in [0.1, 0.15) is 11.4 Å². The van der Waals surface area contributed by atoms with Crippen molar-refractivity contribution in [2.75, 3.05) is 11.1 Å². The Morgan fingerprint density at radius 1 is 1.11 bits per heavy atom. The number of hydrogen-bond donors (Lipinski definition) is 2. The highest BCUT2D eigenvalue weighted by molar-refractivity contribution is 6.30. The van der Waals surface area contributed by atoms with Gasteiger partial charge in [0.25, 0.3) is 5.56 Å². The van der Waals surface area contributed by atoms with Crippen LogP contribution in [0.25, 0.3) is 0 Å². The van der Waals surface area contributed by atoms with E-state index in [1.165, 1.54) is 0 Å². The summed E-state index contributed by atoms with van der Waals surface area (Å²) in [6, 6.07) is 7.17. The molecule has 0 amide bonds. The molecule has 0 unspecified atom stereocenters. The highest BCUT2D eigenvalue weighted by Crippen LogP contribution is 2.29. The summed E-state index contributed by atoms with van der Waals surface area (Å²) in [4.78, 5) is 23.9. The molecule has 146 valence electrons. The Labute approximate surface area is 166 Å². The van der Waals surface area contributed by atoms with E-state index in [4.69, 9.17) is 28.9 Å². The first kappa shape index (κ1) is 19.9. The number of anilines is 3. The molecule has 3 rings (SSSR count). The summed E-state index contributed by atoms with van der Waals surface area (Å²) in [5.41, 5.74) is 4.35. The number of hydrogen-bond acceptors (Lipinski definition) is 6. The number of benzene rings is 1. The Hall–Kier alpha value is -2.85. The number of nitrogens with two attached hydrogens (primary N) is 1. The molecular formula is C16H11Cl2F3N6O. The molecule has 0 aliphatic heterocycles. The molecule has 0 fully saturated rings. The molecule has 0 aliphatic carbocycles. The van der Waals surface area contributed by atoms with Gasteiger partial charge in [-0.1, -0.05) is 23.2 Å². The first-order valence-corrected chi connectivity index (χ1v) is 8.37. The van der Waals surface area contributed by atoms with Crippen molar-refractivity contribution in [3.05, 3.63) is 68.3 Å². The van der Waals surface area contributed by atoms with Crippen LogP contribution in [0.5, 0.6) is 0 Å². The SMILES string of the molecule is Nc1nc(Cn2cc(C(F)(F)F)cc(Cl)c2=O)nc(Nc2ccc(Cl)cc2)n1. The molecular weight excluding hydrogens is 420 g/mol. The fourth-order valence-corrected chi connectivity index (χ4v) is 2.60. The second kappa shape index (κ2) is 7.64. The number of nitrogen functional groups attached to an aromatic ring is 1. The standard InChI is InChI=1S/C16H11Cl2F3N6O/c17-9-1-3-10(4-2-9)23-15-25-12(24-14(22)26-15)7-27-6-8(16(19,20)21)5-11(18)13(27)28/h1-6H,7H2,(H3,22,23,24,25,26). The van der Waals surface area contributed by atoms with Crippen molar-refractivity contribution in [3.63, 3.8) is 0 Å². The number of alkyl halides is 3. The minimum Gasteiger partial charge on any atom is -0.368 e. The van der Waals surface area contributed by atoms with Crippen LogP contribution in [0.2, 0.25) is 10.0 Å². The first-order valence-electron chi connectivity index (χ1n) is 7.62. The van der Waals surface area contributed by atoms with E-state index >= 15 is 0 Å². The fourth-order valence-electron chi connectivity index (χ4n) is 2.25. The number of nitrogens with one attached hydrogen (secondary N) is 1. The van der Waals surface area contributed by atoms with Crippen LogP contribution >= 0.6 is 23.2 Å². The van der Waals surface area contributed by atoms with Gasteiger partial charge in [-0.3, -0.25) is 4.79 Å². The lowest BCUT2D eigenvalue weighted by molar-refractivity contribution is -0.138. The molecule has 2 aromatic heterocycles. The van der Waals surface area contributed by atoms with Crippen LogP contribution in [0, 0.1) is 0 Å². The van der Waals surface area contributed by atoms with Crippen LogP contribution in [0.4, 0.5) is 30.8 Å². The second-order valence-electron chi connectivity index (χ2n) is 5.57. The molecule has 0 atom stereocenters. The largest absolute Gasteiger partial charge is 0.417 e. The van der Waals surface area contributed by atoms with E-state index in [9.17, 15) is 18.0 Å². The van der Waals surface area contributed by atoms with Gasteiger partial charge >= 0.3 is 6.18 Å². The van der Waals surface area contributed by atoms with E-state index in [-0.39, 0.29) is 24.3 Å². The molecule has 0 radical (unpaired) electrons. The van der Waals surface area contributed by atoms with Crippen molar-refractivity contribution in [1.29, 1.82) is 0 Å². The summed E-state index contributed by atoms with van der Waals surface area (Å²) in [7, 11) is 0. The predicted molar refractivity (Wildman–Crippen MR) is 98.8 cm³/mol. The maximum atomic E-state index is 13.0. The Balaban J connectivity index is 1.93. The zero-order valence-electron chi connectivity index (χ0n) is 13.8. The van der Waals surface area contributed by atoms with Gasteiger partial charge in [0.1, 0.15) is 5.02 Å².